The van der Waals surface area contributed by atoms with Gasteiger partial charge in [-0.25, -0.2) is 0 Å². The summed E-state index contributed by atoms with van der Waals surface area (Å²) >= 11 is 2.24. The molecule has 0 aliphatic heterocycles. The van der Waals surface area contributed by atoms with Gasteiger partial charge in [-0.15, -0.1) is 9.94 Å². The molecule has 0 aliphatic rings. The van der Waals surface area contributed by atoms with Gasteiger partial charge < -0.3 is 9.57 Å². The second-order valence-corrected chi connectivity index (χ2v) is 5.96. The van der Waals surface area contributed by atoms with Gasteiger partial charge in [0.25, 0.3) is 0 Å². The first-order valence-electron chi connectivity index (χ1n) is 5.98. The third-order valence-corrected chi connectivity index (χ3v) is 3.96. The lowest BCUT2D eigenvalue weighted by Gasteiger charge is -2.25. The summed E-state index contributed by atoms with van der Waals surface area (Å²) in [6, 6.07) is 7.86. The van der Waals surface area contributed by atoms with Crippen LogP contribution in [0.1, 0.15) is 25.1 Å². The van der Waals surface area contributed by atoms with Crippen LogP contribution >= 0.6 is 22.6 Å². The number of hydrogen-bond acceptors (Lipinski definition) is 3. The van der Waals surface area contributed by atoms with E-state index in [1.807, 2.05) is 51.2 Å². The number of aromatic nitrogens is 2. The Morgan fingerprint density at radius 1 is 1.32 bits per heavy atom. The van der Waals surface area contributed by atoms with E-state index in [9.17, 15) is 0 Å². The third kappa shape index (κ3) is 3.20. The number of nitrogens with zero attached hydrogens (tertiary/aromatic N) is 2. The summed E-state index contributed by atoms with van der Waals surface area (Å²) in [7, 11) is 1.66. The summed E-state index contributed by atoms with van der Waals surface area (Å²) < 4.78 is 6.33. The van der Waals surface area contributed by atoms with Gasteiger partial charge >= 0.3 is 0 Å². The average Bonchev–Trinajstić information content (AvgIpc) is 2.67. The summed E-state index contributed by atoms with van der Waals surface area (Å²) in [5, 5.41) is 4.32. The van der Waals surface area contributed by atoms with E-state index in [1.165, 1.54) is 4.85 Å². The van der Waals surface area contributed by atoms with Crippen LogP contribution in [0.5, 0.6) is 5.75 Å². The minimum absolute atomic E-state index is 0.490. The van der Waals surface area contributed by atoms with Crippen LogP contribution in [0.15, 0.2) is 30.5 Å². The predicted octanol–water partition coefficient (Wildman–Crippen LogP) is 3.17. The Kier molecular flexibility index (Phi) is 4.03. The first-order valence-corrected chi connectivity index (χ1v) is 7.06. The third-order valence-electron chi connectivity index (χ3n) is 2.90. The minimum atomic E-state index is -0.490. The molecule has 19 heavy (non-hydrogen) atoms. The molecular formula is C14H17IN2O2. The Bertz CT molecular complexity index is 559. The van der Waals surface area contributed by atoms with Crippen LogP contribution in [0.4, 0.5) is 0 Å². The van der Waals surface area contributed by atoms with E-state index in [2.05, 4.69) is 27.7 Å². The zero-order chi connectivity index (χ0) is 14.0. The number of rotatable bonds is 4. The van der Waals surface area contributed by atoms with Crippen LogP contribution in [-0.2, 0) is 5.60 Å². The molecule has 1 heterocycles. The molecule has 0 atom stereocenters. The van der Waals surface area contributed by atoms with E-state index in [4.69, 9.17) is 9.57 Å². The highest BCUT2D eigenvalue weighted by atomic mass is 127. The van der Waals surface area contributed by atoms with E-state index < -0.39 is 5.60 Å². The number of methoxy groups -OCH3 is 1. The highest BCUT2D eigenvalue weighted by molar-refractivity contribution is 14.1. The second-order valence-electron chi connectivity index (χ2n) is 4.80. The predicted molar refractivity (Wildman–Crippen MR) is 82.3 cm³/mol. The molecule has 2 rings (SSSR count). The van der Waals surface area contributed by atoms with Crippen molar-refractivity contribution in [1.29, 1.82) is 0 Å². The molecule has 0 bridgehead atoms. The largest absolute Gasteiger partial charge is 0.497 e. The van der Waals surface area contributed by atoms with Gasteiger partial charge in [0.1, 0.15) is 5.75 Å². The van der Waals surface area contributed by atoms with Gasteiger partial charge in [0, 0.05) is 5.56 Å². The zero-order valence-corrected chi connectivity index (χ0v) is 13.6. The maximum absolute atomic E-state index is 5.93. The zero-order valence-electron chi connectivity index (χ0n) is 11.5. The van der Waals surface area contributed by atoms with Crippen molar-refractivity contribution >= 4 is 22.6 Å². The van der Waals surface area contributed by atoms with Crippen molar-refractivity contribution in [1.82, 2.24) is 9.94 Å². The van der Waals surface area contributed by atoms with Crippen LogP contribution in [-0.4, -0.2) is 17.1 Å². The van der Waals surface area contributed by atoms with Gasteiger partial charge in [-0.2, -0.15) is 0 Å². The fraction of sp³-hybridized carbons (Fsp3) is 0.357. The SMILES string of the molecule is COc1cccc(C(C)(C)On2cc(I)c(C)n2)c1. The molecule has 0 fully saturated rings. The van der Waals surface area contributed by atoms with E-state index in [0.29, 0.717) is 0 Å². The molecule has 0 spiro atoms. The fourth-order valence-corrected chi connectivity index (χ4v) is 2.09. The molecule has 0 unspecified atom stereocenters. The van der Waals surface area contributed by atoms with Crippen LogP contribution in [0.2, 0.25) is 0 Å². The molecule has 1 aromatic carbocycles. The Hall–Kier alpha value is -1.24. The molecular weight excluding hydrogens is 355 g/mol. The topological polar surface area (TPSA) is 36.3 Å². The van der Waals surface area contributed by atoms with Crippen LogP contribution in [0, 0.1) is 10.5 Å². The van der Waals surface area contributed by atoms with Crippen molar-refractivity contribution in [3.63, 3.8) is 0 Å². The molecule has 0 radical (unpaired) electrons. The van der Waals surface area contributed by atoms with E-state index in [-0.39, 0.29) is 0 Å². The summed E-state index contributed by atoms with van der Waals surface area (Å²) in [6.45, 7) is 5.97. The quantitative estimate of drug-likeness (QED) is 0.774. The fourth-order valence-electron chi connectivity index (χ4n) is 1.75. The highest BCUT2D eigenvalue weighted by Crippen LogP contribution is 2.25. The van der Waals surface area contributed by atoms with Crippen LogP contribution < -0.4 is 9.57 Å². The summed E-state index contributed by atoms with van der Waals surface area (Å²) in [4.78, 5) is 7.46. The maximum Gasteiger partial charge on any atom is 0.157 e. The number of halogens is 1. The highest BCUT2D eigenvalue weighted by Gasteiger charge is 2.24. The number of hydrogen-bond donors (Lipinski definition) is 0. The lowest BCUT2D eigenvalue weighted by molar-refractivity contribution is -0.0509. The Morgan fingerprint density at radius 3 is 2.63 bits per heavy atom. The lowest BCUT2D eigenvalue weighted by atomic mass is 9.98. The van der Waals surface area contributed by atoms with Crippen molar-refractivity contribution in [3.05, 3.63) is 45.3 Å². The van der Waals surface area contributed by atoms with Crippen molar-refractivity contribution in [3.8, 4) is 5.75 Å². The number of ether oxygens (including phenoxy) is 1. The molecule has 1 aromatic heterocycles. The van der Waals surface area contributed by atoms with E-state index in [1.54, 1.807) is 7.11 Å². The van der Waals surface area contributed by atoms with Crippen molar-refractivity contribution in [2.24, 2.45) is 0 Å². The van der Waals surface area contributed by atoms with Gasteiger partial charge in [-0.3, -0.25) is 0 Å². The van der Waals surface area contributed by atoms with Crippen molar-refractivity contribution < 1.29 is 9.57 Å². The Morgan fingerprint density at radius 2 is 2.05 bits per heavy atom. The van der Waals surface area contributed by atoms with Crippen LogP contribution in [0.3, 0.4) is 0 Å². The molecule has 102 valence electrons. The normalized spacial score (nSPS) is 11.4. The van der Waals surface area contributed by atoms with Gasteiger partial charge in [-0.05, 0) is 55.5 Å². The molecule has 0 saturated heterocycles. The second kappa shape index (κ2) is 5.40. The van der Waals surface area contributed by atoms with Gasteiger partial charge in [0.2, 0.25) is 0 Å². The number of benzene rings is 1. The van der Waals surface area contributed by atoms with Gasteiger partial charge in [0.15, 0.2) is 5.60 Å². The summed E-state index contributed by atoms with van der Waals surface area (Å²) in [5.74, 6) is 0.820. The van der Waals surface area contributed by atoms with E-state index in [0.717, 1.165) is 20.6 Å². The molecule has 0 amide bonds. The molecule has 0 aliphatic carbocycles. The minimum Gasteiger partial charge on any atom is -0.497 e. The van der Waals surface area contributed by atoms with Gasteiger partial charge in [0.05, 0.1) is 22.6 Å². The summed E-state index contributed by atoms with van der Waals surface area (Å²) in [6.07, 6.45) is 1.87. The van der Waals surface area contributed by atoms with Crippen LogP contribution in [0.25, 0.3) is 0 Å². The first-order chi connectivity index (χ1) is 8.92. The maximum atomic E-state index is 5.93. The average molecular weight is 372 g/mol. The monoisotopic (exact) mass is 372 g/mol. The lowest BCUT2D eigenvalue weighted by Crippen LogP contribution is -2.32. The molecule has 4 nitrogen and oxygen atoms in total. The molecule has 0 N–H and O–H groups in total. The van der Waals surface area contributed by atoms with Crippen molar-refractivity contribution in [2.75, 3.05) is 7.11 Å². The molecule has 0 saturated carbocycles. The summed E-state index contributed by atoms with van der Waals surface area (Å²) in [5.41, 5.74) is 1.51. The smallest absolute Gasteiger partial charge is 0.157 e. The Balaban J connectivity index is 2.25. The van der Waals surface area contributed by atoms with Gasteiger partial charge in [-0.1, -0.05) is 12.1 Å². The standard InChI is InChI=1S/C14H17IN2O2/c1-10-13(15)9-17(16-10)19-14(2,3)11-6-5-7-12(8-11)18-4/h5-9H,1-4H3. The van der Waals surface area contributed by atoms with E-state index >= 15 is 0 Å². The first kappa shape index (κ1) is 14.2. The number of aryl methyl sites for hydroxylation is 1. The van der Waals surface area contributed by atoms with Crippen molar-refractivity contribution in [2.45, 2.75) is 26.4 Å². The molecule has 2 aromatic rings. The Labute approximate surface area is 126 Å². The molecule has 5 heteroatoms.